The number of ether oxygens (including phenoxy) is 2. The van der Waals surface area contributed by atoms with Gasteiger partial charge in [-0.3, -0.25) is 4.79 Å². The predicted molar refractivity (Wildman–Crippen MR) is 238 cm³/mol. The summed E-state index contributed by atoms with van der Waals surface area (Å²) in [6.07, 6.45) is 37.9. The number of unbranched alkanes of at least 4 members (excludes halogenated alkanes) is 32. The summed E-state index contributed by atoms with van der Waals surface area (Å²) in [6, 6.07) is -0.819. The van der Waals surface area contributed by atoms with Crippen LogP contribution in [0.15, 0.2) is 0 Å². The van der Waals surface area contributed by atoms with Crippen LogP contribution >= 0.6 is 0 Å². The number of amides is 1. The minimum absolute atomic E-state index is 0.0322. The van der Waals surface area contributed by atoms with E-state index in [1.165, 1.54) is 186 Å². The van der Waals surface area contributed by atoms with Gasteiger partial charge in [0.25, 0.3) is 0 Å². The highest BCUT2D eigenvalue weighted by Crippen LogP contribution is 2.33. The number of aliphatic hydroxyl groups excluding tert-OH is 5. The van der Waals surface area contributed by atoms with E-state index in [0.717, 1.165) is 38.5 Å². The van der Waals surface area contributed by atoms with Crippen LogP contribution in [-0.2, 0) is 14.3 Å². The Bertz CT molecular complexity index is 938. The smallest absolute Gasteiger partial charge is 0.223 e. The largest absolute Gasteiger partial charge is 0.394 e. The first-order valence-electron chi connectivity index (χ1n) is 25.3. The Morgan fingerprint density at radius 2 is 0.828 bits per heavy atom. The SMILES string of the molecule is CCCCCCCCCCCCCCCCCCCCCCCCC(=O)N1[C@@H](CCCCCCCCCCCCCC)[C@@H](O)[C@@H]1CO[C@@H]1O[C@H](CO)[C@H](O)[C@H](O)[C@H]1O. The molecule has 2 rings (SSSR count). The molecule has 0 saturated carbocycles. The molecule has 0 aromatic heterocycles. The van der Waals surface area contributed by atoms with Crippen LogP contribution in [0.25, 0.3) is 0 Å². The number of hydrogen-bond acceptors (Lipinski definition) is 8. The number of nitrogens with zero attached hydrogens (tertiary/aromatic N) is 1. The molecule has 0 radical (unpaired) electrons. The summed E-state index contributed by atoms with van der Waals surface area (Å²) in [4.78, 5) is 15.4. The fraction of sp³-hybridized carbons (Fsp3) is 0.980. The van der Waals surface area contributed by atoms with E-state index < -0.39 is 49.5 Å². The number of carbonyl (C=O) groups is 1. The van der Waals surface area contributed by atoms with Crippen molar-refractivity contribution in [3.05, 3.63) is 0 Å². The van der Waals surface area contributed by atoms with E-state index in [2.05, 4.69) is 13.8 Å². The summed E-state index contributed by atoms with van der Waals surface area (Å²) in [7, 11) is 0. The highest BCUT2D eigenvalue weighted by atomic mass is 16.7. The fourth-order valence-corrected chi connectivity index (χ4v) is 9.20. The van der Waals surface area contributed by atoms with Gasteiger partial charge in [0, 0.05) is 6.42 Å². The molecule has 2 fully saturated rings. The van der Waals surface area contributed by atoms with Crippen molar-refractivity contribution in [2.75, 3.05) is 13.2 Å². The van der Waals surface area contributed by atoms with Crippen molar-refractivity contribution in [1.29, 1.82) is 0 Å². The number of hydrogen-bond donors (Lipinski definition) is 5. The zero-order valence-electron chi connectivity index (χ0n) is 37.9. The maximum Gasteiger partial charge on any atom is 0.223 e. The van der Waals surface area contributed by atoms with Gasteiger partial charge in [0.2, 0.25) is 5.91 Å². The number of carbonyl (C=O) groups excluding carboxylic acids is 1. The summed E-state index contributed by atoms with van der Waals surface area (Å²) < 4.78 is 11.3. The molecule has 9 nitrogen and oxygen atoms in total. The molecule has 9 heteroatoms. The van der Waals surface area contributed by atoms with E-state index in [9.17, 15) is 30.3 Å². The van der Waals surface area contributed by atoms with Gasteiger partial charge in [-0.2, -0.15) is 0 Å². The van der Waals surface area contributed by atoms with Gasteiger partial charge in [-0.15, -0.1) is 0 Å². The predicted octanol–water partition coefficient (Wildman–Crippen LogP) is 10.8. The van der Waals surface area contributed by atoms with E-state index in [1.807, 2.05) is 0 Å². The van der Waals surface area contributed by atoms with Crippen molar-refractivity contribution in [2.45, 2.75) is 294 Å². The minimum Gasteiger partial charge on any atom is -0.394 e. The van der Waals surface area contributed by atoms with Crippen LogP contribution in [0.1, 0.15) is 245 Å². The molecule has 344 valence electrons. The summed E-state index contributed by atoms with van der Waals surface area (Å²) in [5, 5.41) is 51.5. The van der Waals surface area contributed by atoms with Gasteiger partial charge in [-0.05, 0) is 12.8 Å². The molecule has 58 heavy (non-hydrogen) atoms. The zero-order chi connectivity index (χ0) is 42.1. The second kappa shape index (κ2) is 35.8. The second-order valence-electron chi connectivity index (χ2n) is 18.3. The highest BCUT2D eigenvalue weighted by molar-refractivity contribution is 5.78. The molecule has 0 aliphatic carbocycles. The van der Waals surface area contributed by atoms with Gasteiger partial charge in [-0.25, -0.2) is 0 Å². The van der Waals surface area contributed by atoms with Crippen LogP contribution in [0.2, 0.25) is 0 Å². The van der Waals surface area contributed by atoms with Crippen LogP contribution in [0.5, 0.6) is 0 Å². The lowest BCUT2D eigenvalue weighted by atomic mass is 9.85. The van der Waals surface area contributed by atoms with E-state index in [4.69, 9.17) is 9.47 Å². The van der Waals surface area contributed by atoms with Crippen LogP contribution < -0.4 is 0 Å². The maximum atomic E-state index is 13.6. The topological polar surface area (TPSA) is 140 Å². The van der Waals surface area contributed by atoms with Crippen LogP contribution in [0.3, 0.4) is 0 Å². The van der Waals surface area contributed by atoms with Crippen molar-refractivity contribution in [3.63, 3.8) is 0 Å². The molecule has 0 bridgehead atoms. The lowest BCUT2D eigenvalue weighted by Crippen LogP contribution is -2.71. The Morgan fingerprint density at radius 3 is 1.21 bits per heavy atom. The van der Waals surface area contributed by atoms with Crippen molar-refractivity contribution < 1.29 is 39.8 Å². The summed E-state index contributed by atoms with van der Waals surface area (Å²) in [5.74, 6) is 0.0322. The molecule has 5 N–H and O–H groups in total. The Labute approximate surface area is 356 Å². The molecule has 0 spiro atoms. The zero-order valence-corrected chi connectivity index (χ0v) is 37.9. The lowest BCUT2D eigenvalue weighted by molar-refractivity contribution is -0.307. The third-order valence-electron chi connectivity index (χ3n) is 13.2. The Balaban J connectivity index is 1.60. The Morgan fingerprint density at radius 1 is 0.466 bits per heavy atom. The van der Waals surface area contributed by atoms with Crippen LogP contribution in [0.4, 0.5) is 0 Å². The van der Waals surface area contributed by atoms with Gasteiger partial charge in [0.15, 0.2) is 6.29 Å². The van der Waals surface area contributed by atoms with Gasteiger partial charge >= 0.3 is 0 Å². The van der Waals surface area contributed by atoms with Gasteiger partial charge in [0.05, 0.1) is 31.4 Å². The van der Waals surface area contributed by atoms with Crippen molar-refractivity contribution >= 4 is 5.91 Å². The quantitative estimate of drug-likeness (QED) is 0.0385. The molecule has 0 aromatic rings. The first kappa shape index (κ1) is 53.3. The van der Waals surface area contributed by atoms with E-state index in [0.29, 0.717) is 6.42 Å². The molecule has 0 aromatic carbocycles. The second-order valence-corrected chi connectivity index (χ2v) is 18.3. The average Bonchev–Trinajstić information content (AvgIpc) is 3.22. The molecule has 1 amide bonds. The van der Waals surface area contributed by atoms with Crippen LogP contribution in [-0.4, -0.2) is 98.4 Å². The number of rotatable bonds is 40. The molecule has 0 unspecified atom stereocenters. The third kappa shape index (κ3) is 22.9. The van der Waals surface area contributed by atoms with Crippen molar-refractivity contribution in [3.8, 4) is 0 Å². The van der Waals surface area contributed by atoms with Crippen molar-refractivity contribution in [1.82, 2.24) is 4.90 Å². The summed E-state index contributed by atoms with van der Waals surface area (Å²) in [6.45, 7) is 3.94. The standard InChI is InChI=1S/C49H95NO8/c1-3-5-7-9-11-13-15-17-18-19-20-21-22-23-24-25-26-28-30-32-34-36-38-44(52)50-41(37-35-33-31-29-27-16-14-12-10-8-6-4-2)45(53)42(50)40-57-49-48(56)47(55)46(54)43(39-51)58-49/h41-43,45-49,51,53-56H,3-40H2,1-2H3/t41-,42-,43+,45+,46-,47-,48+,49+/m0/s1. The molecule has 8 atom stereocenters. The summed E-state index contributed by atoms with van der Waals surface area (Å²) >= 11 is 0. The lowest BCUT2D eigenvalue weighted by Gasteiger charge is -2.53. The van der Waals surface area contributed by atoms with Gasteiger partial charge in [-0.1, -0.05) is 226 Å². The molecule has 2 saturated heterocycles. The highest BCUT2D eigenvalue weighted by Gasteiger charge is 2.51. The molecule has 2 aliphatic heterocycles. The number of likely N-dealkylation sites (tertiary alicyclic amines) is 1. The molecular weight excluding hydrogens is 731 g/mol. The first-order valence-corrected chi connectivity index (χ1v) is 25.3. The maximum absolute atomic E-state index is 13.6. The normalized spacial score (nSPS) is 24.7. The third-order valence-corrected chi connectivity index (χ3v) is 13.2. The number of aliphatic hydroxyl groups is 5. The summed E-state index contributed by atoms with van der Waals surface area (Å²) in [5.41, 5.74) is 0. The minimum atomic E-state index is -1.53. The van der Waals surface area contributed by atoms with Crippen LogP contribution in [0, 0.1) is 0 Å². The molecule has 2 aliphatic rings. The molecule has 2 heterocycles. The van der Waals surface area contributed by atoms with Crippen molar-refractivity contribution in [2.24, 2.45) is 0 Å². The van der Waals surface area contributed by atoms with Gasteiger partial charge in [0.1, 0.15) is 24.4 Å². The monoisotopic (exact) mass is 826 g/mol. The Kier molecular flexibility index (Phi) is 32.9. The Hall–Kier alpha value is -0.810. The first-order chi connectivity index (χ1) is 28.4. The fourth-order valence-electron chi connectivity index (χ4n) is 9.20. The van der Waals surface area contributed by atoms with E-state index in [-0.39, 0.29) is 18.6 Å². The van der Waals surface area contributed by atoms with Gasteiger partial charge < -0.3 is 39.9 Å². The average molecular weight is 826 g/mol. The van der Waals surface area contributed by atoms with E-state index in [1.54, 1.807) is 4.90 Å². The molecular formula is C49H95NO8. The van der Waals surface area contributed by atoms with E-state index >= 15 is 0 Å².